The fraction of sp³-hybridized carbons (Fsp3) is 0.450. The number of hydrogen-bond acceptors (Lipinski definition) is 5. The molecule has 8 nitrogen and oxygen atoms in total. The normalized spacial score (nSPS) is 24.2. The first-order valence-electron chi connectivity index (χ1n) is 9.48. The molecule has 3 N–H and O–H groups in total. The average molecular weight is 384 g/mol. The zero-order valence-corrected chi connectivity index (χ0v) is 16.0. The van der Waals surface area contributed by atoms with Crippen molar-refractivity contribution >= 4 is 28.4 Å². The van der Waals surface area contributed by atoms with Crippen LogP contribution in [0.25, 0.3) is 10.9 Å². The summed E-state index contributed by atoms with van der Waals surface area (Å²) in [5, 5.41) is 10.9. The van der Waals surface area contributed by atoms with Gasteiger partial charge in [0, 0.05) is 41.7 Å². The van der Waals surface area contributed by atoms with Crippen LogP contribution >= 0.6 is 0 Å². The molecule has 0 saturated carbocycles. The first-order valence-corrected chi connectivity index (χ1v) is 9.48. The molecule has 1 saturated heterocycles. The molecule has 0 aliphatic carbocycles. The Labute approximate surface area is 162 Å². The lowest BCUT2D eigenvalue weighted by Crippen LogP contribution is -2.59. The number of rotatable bonds is 4. The van der Waals surface area contributed by atoms with Crippen molar-refractivity contribution in [1.29, 1.82) is 0 Å². The summed E-state index contributed by atoms with van der Waals surface area (Å²) in [5.74, 6) is -0.432. The largest absolute Gasteiger partial charge is 0.384 e. The van der Waals surface area contributed by atoms with Crippen molar-refractivity contribution in [3.63, 3.8) is 0 Å². The number of fused-ring (bicyclic) bond motifs is 1. The second-order valence-electron chi connectivity index (χ2n) is 7.65. The van der Waals surface area contributed by atoms with Crippen LogP contribution in [0.1, 0.15) is 37.0 Å². The molecular weight excluding hydrogens is 360 g/mol. The average Bonchev–Trinajstić information content (AvgIpc) is 3.30. The van der Waals surface area contributed by atoms with E-state index in [2.05, 4.69) is 20.8 Å². The number of carbonyl (C=O) groups excluding carboxylic acids is 2. The number of nitrogens with zero attached hydrogens (tertiary/aromatic N) is 1. The van der Waals surface area contributed by atoms with Crippen LogP contribution < -0.4 is 10.6 Å². The summed E-state index contributed by atoms with van der Waals surface area (Å²) in [6.45, 7) is 4.56. The predicted molar refractivity (Wildman–Crippen MR) is 104 cm³/mol. The van der Waals surface area contributed by atoms with Gasteiger partial charge in [0.05, 0.1) is 12.6 Å². The highest BCUT2D eigenvalue weighted by Gasteiger charge is 2.50. The van der Waals surface area contributed by atoms with Crippen molar-refractivity contribution in [3.8, 4) is 0 Å². The number of ether oxygens (including phenoxy) is 1. The van der Waals surface area contributed by atoms with Crippen molar-refractivity contribution < 1.29 is 19.2 Å². The smallest absolute Gasteiger partial charge is 0.269 e. The summed E-state index contributed by atoms with van der Waals surface area (Å²) in [5.41, 5.74) is 1.03. The molecule has 148 valence electrons. The molecule has 1 aromatic carbocycles. The minimum atomic E-state index is -0.851. The van der Waals surface area contributed by atoms with Gasteiger partial charge in [-0.05, 0) is 44.5 Å². The van der Waals surface area contributed by atoms with E-state index in [1.54, 1.807) is 6.07 Å². The maximum atomic E-state index is 12.8. The summed E-state index contributed by atoms with van der Waals surface area (Å²) >= 11 is 0. The van der Waals surface area contributed by atoms with Gasteiger partial charge in [-0.3, -0.25) is 9.59 Å². The Morgan fingerprint density at radius 2 is 2.14 bits per heavy atom. The Bertz CT molecular complexity index is 935. The van der Waals surface area contributed by atoms with Crippen LogP contribution in [-0.4, -0.2) is 53.4 Å². The van der Waals surface area contributed by atoms with Gasteiger partial charge in [-0.1, -0.05) is 5.16 Å². The van der Waals surface area contributed by atoms with Crippen molar-refractivity contribution in [2.75, 3.05) is 13.2 Å². The first kappa shape index (κ1) is 18.5. The predicted octanol–water partition coefficient (Wildman–Crippen LogP) is 1.73. The van der Waals surface area contributed by atoms with Gasteiger partial charge >= 0.3 is 0 Å². The van der Waals surface area contributed by atoms with Gasteiger partial charge in [0.1, 0.15) is 5.71 Å². The fourth-order valence-corrected chi connectivity index (χ4v) is 3.67. The molecule has 1 fully saturated rings. The number of hydrogen-bond donors (Lipinski definition) is 3. The van der Waals surface area contributed by atoms with E-state index in [9.17, 15) is 9.59 Å². The highest BCUT2D eigenvalue weighted by Crippen LogP contribution is 2.33. The third kappa shape index (κ3) is 3.47. The standard InChI is InChI=1S/C20H24N4O4/c1-12(2)22-19(26)16-10-20(28-24-16)11-27-8-6-17(20)23-18(25)14-3-4-15-13(9-14)5-7-21-15/h3-5,7,9,12,17,21H,6,8,10-11H2,1-2H3,(H,22,26)(H,23,25)/t17-,20-/m0/s1. The second-order valence-corrected chi connectivity index (χ2v) is 7.65. The van der Waals surface area contributed by atoms with Gasteiger partial charge in [-0.15, -0.1) is 0 Å². The van der Waals surface area contributed by atoms with Crippen LogP contribution in [0.4, 0.5) is 0 Å². The molecule has 0 bridgehead atoms. The lowest BCUT2D eigenvalue weighted by atomic mass is 9.85. The minimum Gasteiger partial charge on any atom is -0.384 e. The summed E-state index contributed by atoms with van der Waals surface area (Å²) in [6.07, 6.45) is 2.73. The Balaban J connectivity index is 1.48. The van der Waals surface area contributed by atoms with Crippen LogP contribution in [0.15, 0.2) is 35.6 Å². The molecule has 2 aromatic rings. The molecule has 2 aliphatic heterocycles. The zero-order chi connectivity index (χ0) is 19.7. The summed E-state index contributed by atoms with van der Waals surface area (Å²) < 4.78 is 5.60. The second kappa shape index (κ2) is 7.27. The van der Waals surface area contributed by atoms with Crippen LogP contribution in [-0.2, 0) is 14.4 Å². The number of benzene rings is 1. The lowest BCUT2D eigenvalue weighted by Gasteiger charge is -2.38. The topological polar surface area (TPSA) is 105 Å². The fourth-order valence-electron chi connectivity index (χ4n) is 3.67. The molecule has 1 aromatic heterocycles. The highest BCUT2D eigenvalue weighted by molar-refractivity contribution is 6.39. The number of aromatic nitrogens is 1. The minimum absolute atomic E-state index is 0.00760. The van der Waals surface area contributed by atoms with Crippen LogP contribution in [0.3, 0.4) is 0 Å². The number of carbonyl (C=O) groups is 2. The molecule has 28 heavy (non-hydrogen) atoms. The van der Waals surface area contributed by atoms with E-state index >= 15 is 0 Å². The summed E-state index contributed by atoms with van der Waals surface area (Å²) in [4.78, 5) is 33.9. The molecule has 2 aliphatic rings. The Hall–Kier alpha value is -2.87. The third-order valence-electron chi connectivity index (χ3n) is 5.14. The lowest BCUT2D eigenvalue weighted by molar-refractivity contribution is -0.128. The first-order chi connectivity index (χ1) is 13.5. The molecule has 8 heteroatoms. The van der Waals surface area contributed by atoms with Gasteiger partial charge < -0.3 is 25.2 Å². The maximum absolute atomic E-state index is 12.8. The maximum Gasteiger partial charge on any atom is 0.269 e. The van der Waals surface area contributed by atoms with Crippen LogP contribution in [0.2, 0.25) is 0 Å². The van der Waals surface area contributed by atoms with E-state index in [-0.39, 0.29) is 30.5 Å². The molecule has 3 heterocycles. The molecule has 2 atom stereocenters. The Morgan fingerprint density at radius 3 is 2.96 bits per heavy atom. The van der Waals surface area contributed by atoms with Crippen molar-refractivity contribution in [3.05, 3.63) is 36.0 Å². The van der Waals surface area contributed by atoms with E-state index in [4.69, 9.17) is 9.57 Å². The molecule has 0 radical (unpaired) electrons. The third-order valence-corrected chi connectivity index (χ3v) is 5.14. The Morgan fingerprint density at radius 1 is 1.29 bits per heavy atom. The molecule has 1 spiro atoms. The zero-order valence-electron chi connectivity index (χ0n) is 16.0. The number of aromatic amines is 1. The monoisotopic (exact) mass is 384 g/mol. The van der Waals surface area contributed by atoms with Gasteiger partial charge in [0.25, 0.3) is 11.8 Å². The van der Waals surface area contributed by atoms with E-state index in [0.717, 1.165) is 10.9 Å². The summed E-state index contributed by atoms with van der Waals surface area (Å²) in [6, 6.07) is 7.15. The van der Waals surface area contributed by atoms with Crippen molar-refractivity contribution in [2.45, 2.75) is 44.4 Å². The molecule has 4 rings (SSSR count). The molecule has 0 unspecified atom stereocenters. The number of H-pyrrole nitrogens is 1. The Kier molecular flexibility index (Phi) is 4.80. The van der Waals surface area contributed by atoms with E-state index < -0.39 is 5.60 Å². The van der Waals surface area contributed by atoms with Crippen molar-refractivity contribution in [1.82, 2.24) is 15.6 Å². The van der Waals surface area contributed by atoms with Gasteiger partial charge in [0.15, 0.2) is 5.60 Å². The van der Waals surface area contributed by atoms with Crippen molar-refractivity contribution in [2.24, 2.45) is 5.16 Å². The summed E-state index contributed by atoms with van der Waals surface area (Å²) in [7, 11) is 0. The van der Waals surface area contributed by atoms with Crippen LogP contribution in [0.5, 0.6) is 0 Å². The molecular formula is C20H24N4O4. The number of nitrogens with one attached hydrogen (secondary N) is 3. The van der Waals surface area contributed by atoms with Gasteiger partial charge in [0.2, 0.25) is 0 Å². The number of amides is 2. The van der Waals surface area contributed by atoms with E-state index in [0.29, 0.717) is 30.7 Å². The van der Waals surface area contributed by atoms with E-state index in [1.165, 1.54) is 0 Å². The van der Waals surface area contributed by atoms with Crippen LogP contribution in [0, 0.1) is 0 Å². The SMILES string of the molecule is CC(C)NC(=O)C1=NO[C@]2(COCC[C@@H]2NC(=O)c2ccc3[nH]ccc3c2)C1. The molecule has 2 amide bonds. The highest BCUT2D eigenvalue weighted by atomic mass is 16.7. The van der Waals surface area contributed by atoms with E-state index in [1.807, 2.05) is 38.2 Å². The quantitative estimate of drug-likeness (QED) is 0.746. The number of oxime groups is 1. The van der Waals surface area contributed by atoms with Gasteiger partial charge in [-0.25, -0.2) is 0 Å². The van der Waals surface area contributed by atoms with Gasteiger partial charge in [-0.2, -0.15) is 0 Å².